The summed E-state index contributed by atoms with van der Waals surface area (Å²) in [6, 6.07) is 18.5. The summed E-state index contributed by atoms with van der Waals surface area (Å²) >= 11 is 0. The Morgan fingerprint density at radius 1 is 0.294 bits per heavy atom. The van der Waals surface area contributed by atoms with E-state index in [2.05, 4.69) is 178 Å². The zero-order valence-corrected chi connectivity index (χ0v) is 62.7. The van der Waals surface area contributed by atoms with Gasteiger partial charge in [0.05, 0.1) is 17.6 Å². The monoisotopic (exact) mass is 1190 g/mol. The van der Waals surface area contributed by atoms with Crippen molar-refractivity contribution in [3.63, 3.8) is 0 Å². The molecule has 0 radical (unpaired) electrons. The number of benzene rings is 1. The van der Waals surface area contributed by atoms with Gasteiger partial charge < -0.3 is 23.7 Å². The van der Waals surface area contributed by atoms with Crippen LogP contribution < -0.4 is 23.7 Å². The topological polar surface area (TPSA) is 136 Å². The van der Waals surface area contributed by atoms with Gasteiger partial charge in [-0.2, -0.15) is 9.97 Å². The van der Waals surface area contributed by atoms with E-state index in [1.54, 1.807) is 30.9 Å². The molecule has 4 aromatic heterocycles. The van der Waals surface area contributed by atoms with Crippen LogP contribution in [-0.4, -0.2) is 62.9 Å². The van der Waals surface area contributed by atoms with E-state index in [9.17, 15) is 0 Å². The highest BCUT2D eigenvalue weighted by molar-refractivity contribution is 5.33. The molecule has 0 saturated carbocycles. The molecule has 1 aromatic carbocycles. The average molecular weight is 1190 g/mol. The smallest absolute Gasteiger partial charge is 0.317 e. The van der Waals surface area contributed by atoms with Gasteiger partial charge in [0.25, 0.3) is 0 Å². The fourth-order valence-corrected chi connectivity index (χ4v) is 5.81. The Bertz CT molecular complexity index is 2070. The second-order valence-corrected chi connectivity index (χ2v) is 28.9. The van der Waals surface area contributed by atoms with Crippen LogP contribution in [0, 0.1) is 0 Å². The standard InChI is InChI=1S/C14H22O.C13H21NO.3C12H20N2O.5C2H6/c1-13(2,3)11-8-7-9-12(10-11)15-14(4,5)6;1-12(2,3)10-8-7-9-11(14-10)15-13(4,5)6;1-11(2,3)9-7-13-8-10(14-9)15-12(4,5)6;1-11(2,3)10-13-8-7-9(14-10)15-12(4,5)6;1-11(2,3)9-7-8-13-10(14-9)15-12(4,5)6;5*1-2/h7-10H,1-6H3;7-9H,1-6H3;3*7-8H,1-6H3;5*1-2H3. The second-order valence-electron chi connectivity index (χ2n) is 28.9. The zero-order chi connectivity index (χ0) is 68.5. The number of hydrogen-bond donors (Lipinski definition) is 0. The lowest BCUT2D eigenvalue weighted by Gasteiger charge is -2.24. The Kier molecular flexibility index (Phi) is 41.0. The van der Waals surface area contributed by atoms with Crippen LogP contribution in [0.4, 0.5) is 0 Å². The molecule has 0 atom stereocenters. The van der Waals surface area contributed by atoms with Crippen molar-refractivity contribution in [2.24, 2.45) is 0 Å². The first kappa shape index (κ1) is 88.4. The van der Waals surface area contributed by atoms with Crippen LogP contribution in [0.2, 0.25) is 0 Å². The van der Waals surface area contributed by atoms with Gasteiger partial charge >= 0.3 is 6.01 Å². The highest BCUT2D eigenvalue weighted by Gasteiger charge is 2.23. The van der Waals surface area contributed by atoms with Crippen molar-refractivity contribution in [1.82, 2.24) is 34.9 Å². The normalized spacial score (nSPS) is 11.5. The number of ether oxygens (including phenoxy) is 5. The Morgan fingerprint density at radius 2 is 0.671 bits per heavy atom. The van der Waals surface area contributed by atoms with Crippen LogP contribution in [-0.2, 0) is 27.1 Å². The lowest BCUT2D eigenvalue weighted by atomic mass is 9.87. The quantitative estimate of drug-likeness (QED) is 0.166. The largest absolute Gasteiger partial charge is 0.488 e. The fraction of sp³-hybridized carbons (Fsp3) is 0.685. The number of hydrogen-bond acceptors (Lipinski definition) is 12. The third-order valence-corrected chi connectivity index (χ3v) is 9.33. The molecule has 4 heterocycles. The number of pyridine rings is 1. The minimum atomic E-state index is -0.253. The summed E-state index contributed by atoms with van der Waals surface area (Å²) in [6.07, 6.45) is 6.93. The first-order valence-corrected chi connectivity index (χ1v) is 31.4. The summed E-state index contributed by atoms with van der Waals surface area (Å²) in [5.74, 6) is 3.70. The van der Waals surface area contributed by atoms with E-state index in [-0.39, 0.29) is 55.1 Å². The second kappa shape index (κ2) is 39.4. The fourth-order valence-electron chi connectivity index (χ4n) is 5.81. The van der Waals surface area contributed by atoms with E-state index >= 15 is 0 Å². The van der Waals surface area contributed by atoms with Gasteiger partial charge in [-0.25, -0.2) is 19.9 Å². The molecule has 0 saturated heterocycles. The Labute approximate surface area is 525 Å². The van der Waals surface area contributed by atoms with Gasteiger partial charge in [-0.1, -0.05) is 191 Å². The highest BCUT2D eigenvalue weighted by atomic mass is 16.5. The molecule has 5 rings (SSSR count). The van der Waals surface area contributed by atoms with Crippen molar-refractivity contribution in [2.75, 3.05) is 0 Å². The summed E-state index contributed by atoms with van der Waals surface area (Å²) in [5, 5.41) is 0. The third-order valence-electron chi connectivity index (χ3n) is 9.33. The van der Waals surface area contributed by atoms with Crippen LogP contribution in [0.25, 0.3) is 0 Å². The molecule has 0 aliphatic rings. The summed E-state index contributed by atoms with van der Waals surface area (Å²) < 4.78 is 28.5. The molecule has 85 heavy (non-hydrogen) atoms. The van der Waals surface area contributed by atoms with E-state index in [0.717, 1.165) is 28.7 Å². The van der Waals surface area contributed by atoms with Crippen LogP contribution in [0.5, 0.6) is 29.4 Å². The molecule has 0 fully saturated rings. The van der Waals surface area contributed by atoms with Gasteiger partial charge in [-0.15, -0.1) is 0 Å². The summed E-state index contributed by atoms with van der Waals surface area (Å²) in [6.45, 7) is 82.3. The molecular formula is C73H133N7O5. The van der Waals surface area contributed by atoms with Crippen LogP contribution in [0.15, 0.2) is 79.4 Å². The van der Waals surface area contributed by atoms with E-state index in [0.29, 0.717) is 23.7 Å². The highest BCUT2D eigenvalue weighted by Crippen LogP contribution is 2.29. The minimum Gasteiger partial charge on any atom is -0.488 e. The van der Waals surface area contributed by atoms with Gasteiger partial charge in [0.15, 0.2) is 0 Å². The van der Waals surface area contributed by atoms with Crippen molar-refractivity contribution >= 4 is 0 Å². The van der Waals surface area contributed by atoms with E-state index < -0.39 is 0 Å². The maximum Gasteiger partial charge on any atom is 0.317 e. The zero-order valence-electron chi connectivity index (χ0n) is 62.7. The Morgan fingerprint density at radius 3 is 1.07 bits per heavy atom. The van der Waals surface area contributed by atoms with Gasteiger partial charge in [0.2, 0.25) is 17.6 Å². The lowest BCUT2D eigenvalue weighted by Crippen LogP contribution is -2.25. The number of nitrogens with zero attached hydrogens (tertiary/aromatic N) is 7. The molecule has 0 aliphatic carbocycles. The van der Waals surface area contributed by atoms with Crippen LogP contribution >= 0.6 is 0 Å². The third kappa shape index (κ3) is 46.5. The SMILES string of the molecule is CC.CC.CC.CC.CC.CC(C)(C)Oc1cccc(C(C)(C)C)c1.CC(C)(C)Oc1cccc(C(C)(C)C)n1.CC(C)(C)Oc1ccnc(C(C)(C)C)n1.CC(C)(C)Oc1cncc(C(C)(C)C)n1.CC(C)(C)Oc1nccc(C(C)(C)C)n1. The lowest BCUT2D eigenvalue weighted by molar-refractivity contribution is 0.116. The van der Waals surface area contributed by atoms with Gasteiger partial charge in [-0.3, -0.25) is 4.98 Å². The predicted molar refractivity (Wildman–Crippen MR) is 369 cm³/mol. The molecule has 0 spiro atoms. The molecule has 5 aromatic rings. The predicted octanol–water partition coefficient (Wildman–Crippen LogP) is 21.7. The van der Waals surface area contributed by atoms with Gasteiger partial charge in [0.1, 0.15) is 39.6 Å². The van der Waals surface area contributed by atoms with Gasteiger partial charge in [-0.05, 0) is 139 Å². The van der Waals surface area contributed by atoms with E-state index in [4.69, 9.17) is 23.7 Å². The van der Waals surface area contributed by atoms with E-state index in [1.807, 2.05) is 183 Å². The first-order chi connectivity index (χ1) is 38.4. The van der Waals surface area contributed by atoms with E-state index in [1.165, 1.54) is 5.56 Å². The molecule has 0 bridgehead atoms. The molecule has 0 unspecified atom stereocenters. The molecule has 0 amide bonds. The van der Waals surface area contributed by atoms with Crippen molar-refractivity contribution in [3.8, 4) is 29.4 Å². The minimum absolute atomic E-state index is 0.00422. The number of aromatic nitrogens is 7. The van der Waals surface area contributed by atoms with Gasteiger partial charge in [0, 0.05) is 58.1 Å². The molecule has 490 valence electrons. The Hall–Kier alpha value is -5.39. The van der Waals surface area contributed by atoms with Crippen molar-refractivity contribution in [1.29, 1.82) is 0 Å². The summed E-state index contributed by atoms with van der Waals surface area (Å²) in [5.41, 5.74) is 3.52. The Balaban J connectivity index is -0.000000302. The first-order valence-electron chi connectivity index (χ1n) is 31.4. The van der Waals surface area contributed by atoms with Crippen LogP contribution in [0.1, 0.15) is 305 Å². The summed E-state index contributed by atoms with van der Waals surface area (Å²) in [7, 11) is 0. The molecule has 12 nitrogen and oxygen atoms in total. The maximum atomic E-state index is 5.84. The molecule has 0 aliphatic heterocycles. The number of rotatable bonds is 5. The van der Waals surface area contributed by atoms with Crippen molar-refractivity contribution in [2.45, 2.75) is 332 Å². The maximum absolute atomic E-state index is 5.84. The molecule has 0 N–H and O–H groups in total. The van der Waals surface area contributed by atoms with Crippen molar-refractivity contribution < 1.29 is 23.7 Å². The summed E-state index contributed by atoms with van der Waals surface area (Å²) in [4.78, 5) is 30.2. The molecule has 12 heteroatoms. The van der Waals surface area contributed by atoms with Crippen LogP contribution in [0.3, 0.4) is 0 Å². The molecular weight excluding hydrogens is 1050 g/mol. The van der Waals surface area contributed by atoms with Crippen molar-refractivity contribution in [3.05, 3.63) is 108 Å². The average Bonchev–Trinajstić information content (AvgIpc) is 3.51.